The van der Waals surface area contributed by atoms with Crippen LogP contribution in [0, 0.1) is 0 Å². The highest BCUT2D eigenvalue weighted by Crippen LogP contribution is 2.17. The van der Waals surface area contributed by atoms with Gasteiger partial charge < -0.3 is 10.6 Å². The van der Waals surface area contributed by atoms with Gasteiger partial charge in [0.2, 0.25) is 11.8 Å². The van der Waals surface area contributed by atoms with Gasteiger partial charge in [-0.3, -0.25) is 9.59 Å². The average Bonchev–Trinajstić information content (AvgIpc) is 2.75. The number of hydrogen-bond donors (Lipinski definition) is 2. The highest BCUT2D eigenvalue weighted by molar-refractivity contribution is 5.76. The van der Waals surface area contributed by atoms with Gasteiger partial charge in [-0.1, -0.05) is 19.3 Å². The van der Waals surface area contributed by atoms with E-state index in [9.17, 15) is 9.59 Å². The Morgan fingerprint density at radius 3 is 2.47 bits per heavy atom. The Morgan fingerprint density at radius 1 is 1.12 bits per heavy atom. The minimum atomic E-state index is 0.0176. The summed E-state index contributed by atoms with van der Waals surface area (Å²) in [5, 5.41) is 5.83. The molecular weight excluding hydrogens is 216 g/mol. The summed E-state index contributed by atoms with van der Waals surface area (Å²) in [6, 6.07) is 0.432. The lowest BCUT2D eigenvalue weighted by molar-refractivity contribution is -0.122. The molecule has 0 heterocycles. The molecule has 4 nitrogen and oxygen atoms in total. The second-order valence-electron chi connectivity index (χ2n) is 4.84. The number of hydrogen-bond acceptors (Lipinski definition) is 2. The maximum Gasteiger partial charge on any atom is 0.220 e. The molecule has 98 valence electrons. The third-order valence-electron chi connectivity index (χ3n) is 3.17. The van der Waals surface area contributed by atoms with Crippen molar-refractivity contribution >= 4 is 11.8 Å². The van der Waals surface area contributed by atoms with E-state index >= 15 is 0 Å². The van der Waals surface area contributed by atoms with Crippen LogP contribution in [0.25, 0.3) is 0 Å². The summed E-state index contributed by atoms with van der Waals surface area (Å²) < 4.78 is 0. The largest absolute Gasteiger partial charge is 0.356 e. The molecule has 1 aliphatic carbocycles. The molecule has 1 aliphatic rings. The maximum atomic E-state index is 11.6. The predicted molar refractivity (Wildman–Crippen MR) is 67.6 cm³/mol. The zero-order valence-corrected chi connectivity index (χ0v) is 10.8. The molecule has 0 saturated heterocycles. The molecule has 0 bridgehead atoms. The molecule has 0 unspecified atom stereocenters. The van der Waals surface area contributed by atoms with Crippen molar-refractivity contribution in [3.05, 3.63) is 0 Å². The molecule has 17 heavy (non-hydrogen) atoms. The van der Waals surface area contributed by atoms with Crippen molar-refractivity contribution in [2.45, 2.75) is 64.3 Å². The normalized spacial score (nSPS) is 15.8. The van der Waals surface area contributed by atoms with Gasteiger partial charge in [0.15, 0.2) is 0 Å². The fourth-order valence-electron chi connectivity index (χ4n) is 2.22. The summed E-state index contributed by atoms with van der Waals surface area (Å²) >= 11 is 0. The van der Waals surface area contributed by atoms with Crippen molar-refractivity contribution in [2.75, 3.05) is 6.54 Å². The SMILES string of the molecule is CC(=O)NCCCCCC(=O)NC1CCCC1. The van der Waals surface area contributed by atoms with E-state index in [0.29, 0.717) is 12.5 Å². The molecule has 0 aromatic heterocycles. The number of unbranched alkanes of at least 4 members (excludes halogenated alkanes) is 2. The van der Waals surface area contributed by atoms with Crippen LogP contribution in [0.2, 0.25) is 0 Å². The lowest BCUT2D eigenvalue weighted by Crippen LogP contribution is -2.32. The predicted octanol–water partition coefficient (Wildman–Crippen LogP) is 1.74. The third kappa shape index (κ3) is 6.97. The standard InChI is InChI=1S/C13H24N2O2/c1-11(16)14-10-6-2-3-9-13(17)15-12-7-4-5-8-12/h12H,2-10H2,1H3,(H,14,16)(H,15,17). The molecule has 2 N–H and O–H groups in total. The smallest absolute Gasteiger partial charge is 0.220 e. The van der Waals surface area contributed by atoms with Crippen molar-refractivity contribution in [3.63, 3.8) is 0 Å². The summed E-state index contributed by atoms with van der Waals surface area (Å²) in [4.78, 5) is 22.2. The van der Waals surface area contributed by atoms with E-state index in [-0.39, 0.29) is 11.8 Å². The van der Waals surface area contributed by atoms with E-state index in [2.05, 4.69) is 10.6 Å². The molecule has 1 rings (SSSR count). The van der Waals surface area contributed by atoms with Crippen LogP contribution in [0.3, 0.4) is 0 Å². The summed E-state index contributed by atoms with van der Waals surface area (Å²) in [5.74, 6) is 0.209. The van der Waals surface area contributed by atoms with Gasteiger partial charge in [0.05, 0.1) is 0 Å². The summed E-state index contributed by atoms with van der Waals surface area (Å²) in [7, 11) is 0. The summed E-state index contributed by atoms with van der Waals surface area (Å²) in [6.45, 7) is 2.24. The van der Waals surface area contributed by atoms with Crippen LogP contribution >= 0.6 is 0 Å². The van der Waals surface area contributed by atoms with Crippen LogP contribution in [0.5, 0.6) is 0 Å². The van der Waals surface area contributed by atoms with E-state index in [0.717, 1.165) is 38.6 Å². The van der Waals surface area contributed by atoms with Crippen LogP contribution < -0.4 is 10.6 Å². The third-order valence-corrected chi connectivity index (χ3v) is 3.17. The fraction of sp³-hybridized carbons (Fsp3) is 0.846. The van der Waals surface area contributed by atoms with Gasteiger partial charge >= 0.3 is 0 Å². The maximum absolute atomic E-state index is 11.6. The molecule has 1 saturated carbocycles. The Bertz CT molecular complexity index is 248. The molecule has 0 atom stereocenters. The number of carbonyl (C=O) groups is 2. The summed E-state index contributed by atoms with van der Waals surface area (Å²) in [5.41, 5.74) is 0. The Hall–Kier alpha value is -1.06. The quantitative estimate of drug-likeness (QED) is 0.666. The first-order chi connectivity index (χ1) is 8.18. The molecule has 0 spiro atoms. The van der Waals surface area contributed by atoms with E-state index in [4.69, 9.17) is 0 Å². The highest BCUT2D eigenvalue weighted by atomic mass is 16.2. The van der Waals surface area contributed by atoms with Crippen molar-refractivity contribution in [2.24, 2.45) is 0 Å². The minimum Gasteiger partial charge on any atom is -0.356 e. The molecule has 0 aromatic carbocycles. The molecule has 0 aromatic rings. The number of amides is 2. The Balaban J connectivity index is 1.91. The van der Waals surface area contributed by atoms with Gasteiger partial charge in [-0.2, -0.15) is 0 Å². The molecule has 0 radical (unpaired) electrons. The first-order valence-corrected chi connectivity index (χ1v) is 6.72. The van der Waals surface area contributed by atoms with Crippen LogP contribution in [0.1, 0.15) is 58.3 Å². The Labute approximate surface area is 104 Å². The first kappa shape index (κ1) is 14.0. The van der Waals surface area contributed by atoms with Gasteiger partial charge in [-0.25, -0.2) is 0 Å². The van der Waals surface area contributed by atoms with Crippen LogP contribution in [0.15, 0.2) is 0 Å². The highest BCUT2D eigenvalue weighted by Gasteiger charge is 2.16. The van der Waals surface area contributed by atoms with Gasteiger partial charge in [0, 0.05) is 25.9 Å². The van der Waals surface area contributed by atoms with Gasteiger partial charge in [0.1, 0.15) is 0 Å². The fourth-order valence-corrected chi connectivity index (χ4v) is 2.22. The topological polar surface area (TPSA) is 58.2 Å². The van der Waals surface area contributed by atoms with E-state index in [1.807, 2.05) is 0 Å². The number of carbonyl (C=O) groups excluding carboxylic acids is 2. The number of rotatable bonds is 7. The van der Waals surface area contributed by atoms with E-state index < -0.39 is 0 Å². The second kappa shape index (κ2) is 8.09. The van der Waals surface area contributed by atoms with Crippen molar-refractivity contribution in [1.82, 2.24) is 10.6 Å². The lowest BCUT2D eigenvalue weighted by atomic mass is 10.1. The zero-order valence-electron chi connectivity index (χ0n) is 10.8. The van der Waals surface area contributed by atoms with Gasteiger partial charge in [-0.15, -0.1) is 0 Å². The van der Waals surface area contributed by atoms with E-state index in [1.54, 1.807) is 0 Å². The lowest BCUT2D eigenvalue weighted by Gasteiger charge is -2.11. The van der Waals surface area contributed by atoms with Gasteiger partial charge in [-0.05, 0) is 25.7 Å². The van der Waals surface area contributed by atoms with Crippen molar-refractivity contribution in [3.8, 4) is 0 Å². The average molecular weight is 240 g/mol. The van der Waals surface area contributed by atoms with Crippen LogP contribution in [-0.2, 0) is 9.59 Å². The Kier molecular flexibility index (Phi) is 6.67. The zero-order chi connectivity index (χ0) is 12.5. The van der Waals surface area contributed by atoms with Gasteiger partial charge in [0.25, 0.3) is 0 Å². The van der Waals surface area contributed by atoms with Crippen LogP contribution in [-0.4, -0.2) is 24.4 Å². The number of nitrogens with one attached hydrogen (secondary N) is 2. The second-order valence-corrected chi connectivity index (χ2v) is 4.84. The monoisotopic (exact) mass is 240 g/mol. The minimum absolute atomic E-state index is 0.0176. The molecule has 4 heteroatoms. The molecule has 2 amide bonds. The molecule has 0 aliphatic heterocycles. The van der Waals surface area contributed by atoms with Crippen molar-refractivity contribution in [1.29, 1.82) is 0 Å². The van der Waals surface area contributed by atoms with Crippen molar-refractivity contribution < 1.29 is 9.59 Å². The van der Waals surface area contributed by atoms with E-state index in [1.165, 1.54) is 19.8 Å². The van der Waals surface area contributed by atoms with Crippen LogP contribution in [0.4, 0.5) is 0 Å². The summed E-state index contributed by atoms with van der Waals surface area (Å²) in [6.07, 6.45) is 8.29. The molecule has 1 fully saturated rings. The Morgan fingerprint density at radius 2 is 1.82 bits per heavy atom. The first-order valence-electron chi connectivity index (χ1n) is 6.72. The molecular formula is C13H24N2O2.